The van der Waals surface area contributed by atoms with Gasteiger partial charge in [0.1, 0.15) is 5.75 Å². The third-order valence-electron chi connectivity index (χ3n) is 1.45. The third-order valence-corrected chi connectivity index (χ3v) is 1.98. The minimum Gasteiger partial charge on any atom is -0.493 e. The highest BCUT2D eigenvalue weighted by Gasteiger charge is 1.94. The summed E-state index contributed by atoms with van der Waals surface area (Å²) in [6.07, 6.45) is 0.468. The quantitative estimate of drug-likeness (QED) is 0.628. The second kappa shape index (κ2) is 4.87. The summed E-state index contributed by atoms with van der Waals surface area (Å²) < 4.78 is 6.35. The molecular formula is C9H11BrN2O. The molecule has 0 aromatic heterocycles. The average Bonchev–Trinajstić information content (AvgIpc) is 2.08. The smallest absolute Gasteiger partial charge is 0.119 e. The minimum absolute atomic E-state index is 0.150. The lowest BCUT2D eigenvalue weighted by Crippen LogP contribution is -2.13. The molecule has 0 spiro atoms. The highest BCUT2D eigenvalue weighted by Crippen LogP contribution is 2.15. The summed E-state index contributed by atoms with van der Waals surface area (Å²) >= 11 is 3.33. The topological polar surface area (TPSA) is 59.1 Å². The maximum absolute atomic E-state index is 6.98. The van der Waals surface area contributed by atoms with Crippen molar-refractivity contribution < 1.29 is 4.74 Å². The zero-order valence-electron chi connectivity index (χ0n) is 7.09. The SMILES string of the molecule is N=C(N)CCOc1ccc(Br)cc1. The third kappa shape index (κ3) is 3.94. The fourth-order valence-electron chi connectivity index (χ4n) is 0.810. The average molecular weight is 243 g/mol. The molecule has 0 radical (unpaired) electrons. The lowest BCUT2D eigenvalue weighted by molar-refractivity contribution is 0.328. The molecule has 0 atom stereocenters. The van der Waals surface area contributed by atoms with E-state index in [2.05, 4.69) is 15.9 Å². The molecule has 3 N–H and O–H groups in total. The van der Waals surface area contributed by atoms with Crippen LogP contribution in [0.25, 0.3) is 0 Å². The van der Waals surface area contributed by atoms with Crippen LogP contribution in [-0.4, -0.2) is 12.4 Å². The first-order valence-corrected chi connectivity index (χ1v) is 4.69. The van der Waals surface area contributed by atoms with E-state index in [0.29, 0.717) is 13.0 Å². The lowest BCUT2D eigenvalue weighted by atomic mass is 10.3. The summed E-state index contributed by atoms with van der Waals surface area (Å²) in [5.41, 5.74) is 5.18. The van der Waals surface area contributed by atoms with Crippen LogP contribution in [0.1, 0.15) is 6.42 Å². The van der Waals surface area contributed by atoms with E-state index >= 15 is 0 Å². The Morgan fingerprint density at radius 2 is 2.00 bits per heavy atom. The van der Waals surface area contributed by atoms with Crippen molar-refractivity contribution in [2.75, 3.05) is 6.61 Å². The Balaban J connectivity index is 2.37. The summed E-state index contributed by atoms with van der Waals surface area (Å²) in [6, 6.07) is 7.54. The van der Waals surface area contributed by atoms with Gasteiger partial charge in [-0.05, 0) is 24.3 Å². The number of rotatable bonds is 4. The van der Waals surface area contributed by atoms with Gasteiger partial charge in [-0.3, -0.25) is 5.41 Å². The van der Waals surface area contributed by atoms with E-state index < -0.39 is 0 Å². The molecule has 1 aromatic rings. The van der Waals surface area contributed by atoms with Crippen molar-refractivity contribution >= 4 is 21.8 Å². The Morgan fingerprint density at radius 3 is 2.54 bits per heavy atom. The van der Waals surface area contributed by atoms with Crippen molar-refractivity contribution in [1.29, 1.82) is 5.41 Å². The highest BCUT2D eigenvalue weighted by molar-refractivity contribution is 9.10. The van der Waals surface area contributed by atoms with Gasteiger partial charge in [-0.2, -0.15) is 0 Å². The van der Waals surface area contributed by atoms with Gasteiger partial charge in [0, 0.05) is 10.9 Å². The first-order chi connectivity index (χ1) is 6.18. The van der Waals surface area contributed by atoms with Gasteiger partial charge in [0.25, 0.3) is 0 Å². The van der Waals surface area contributed by atoms with Gasteiger partial charge in [0.15, 0.2) is 0 Å². The van der Waals surface area contributed by atoms with Gasteiger partial charge in [-0.15, -0.1) is 0 Å². The zero-order chi connectivity index (χ0) is 9.68. The van der Waals surface area contributed by atoms with Gasteiger partial charge in [0.2, 0.25) is 0 Å². The zero-order valence-corrected chi connectivity index (χ0v) is 8.67. The maximum Gasteiger partial charge on any atom is 0.119 e. The number of nitrogens with two attached hydrogens (primary N) is 1. The Bertz CT molecular complexity index is 284. The monoisotopic (exact) mass is 242 g/mol. The van der Waals surface area contributed by atoms with E-state index in [1.54, 1.807) is 0 Å². The molecule has 0 aliphatic heterocycles. The number of nitrogens with one attached hydrogen (secondary N) is 1. The summed E-state index contributed by atoms with van der Waals surface area (Å²) in [5.74, 6) is 0.946. The Kier molecular flexibility index (Phi) is 3.76. The van der Waals surface area contributed by atoms with Crippen LogP contribution in [0.5, 0.6) is 5.75 Å². The van der Waals surface area contributed by atoms with Crippen LogP contribution in [0.4, 0.5) is 0 Å². The van der Waals surface area contributed by atoms with Crippen LogP contribution in [-0.2, 0) is 0 Å². The van der Waals surface area contributed by atoms with E-state index in [1.807, 2.05) is 24.3 Å². The van der Waals surface area contributed by atoms with E-state index in [-0.39, 0.29) is 5.84 Å². The van der Waals surface area contributed by atoms with Crippen LogP contribution in [0.2, 0.25) is 0 Å². The molecule has 0 heterocycles. The normalized spacial score (nSPS) is 9.62. The number of ether oxygens (including phenoxy) is 1. The molecule has 13 heavy (non-hydrogen) atoms. The summed E-state index contributed by atoms with van der Waals surface area (Å²) in [6.45, 7) is 0.455. The van der Waals surface area contributed by atoms with Gasteiger partial charge >= 0.3 is 0 Å². The molecule has 0 bridgehead atoms. The molecule has 0 aliphatic carbocycles. The van der Waals surface area contributed by atoms with E-state index in [9.17, 15) is 0 Å². The number of hydrogen-bond acceptors (Lipinski definition) is 2. The van der Waals surface area contributed by atoms with Crippen LogP contribution < -0.4 is 10.5 Å². The number of hydrogen-bond donors (Lipinski definition) is 2. The molecule has 0 saturated carbocycles. The fraction of sp³-hybridized carbons (Fsp3) is 0.222. The van der Waals surface area contributed by atoms with E-state index in [4.69, 9.17) is 15.9 Å². The summed E-state index contributed by atoms with van der Waals surface area (Å²) in [5, 5.41) is 6.98. The molecular weight excluding hydrogens is 232 g/mol. The van der Waals surface area contributed by atoms with Gasteiger partial charge in [-0.1, -0.05) is 15.9 Å². The van der Waals surface area contributed by atoms with E-state index in [0.717, 1.165) is 10.2 Å². The van der Waals surface area contributed by atoms with E-state index in [1.165, 1.54) is 0 Å². The first kappa shape index (κ1) is 10.1. The van der Waals surface area contributed by atoms with Crippen LogP contribution in [0, 0.1) is 5.41 Å². The molecule has 0 unspecified atom stereocenters. The maximum atomic E-state index is 6.98. The van der Waals surface area contributed by atoms with Crippen LogP contribution in [0.3, 0.4) is 0 Å². The van der Waals surface area contributed by atoms with Crippen molar-refractivity contribution in [2.45, 2.75) is 6.42 Å². The van der Waals surface area contributed by atoms with Crippen LogP contribution >= 0.6 is 15.9 Å². The number of halogens is 1. The number of benzene rings is 1. The molecule has 1 aromatic carbocycles. The second-order valence-electron chi connectivity index (χ2n) is 2.58. The van der Waals surface area contributed by atoms with Crippen molar-refractivity contribution in [3.63, 3.8) is 0 Å². The van der Waals surface area contributed by atoms with Crippen molar-refractivity contribution in [2.24, 2.45) is 5.73 Å². The Morgan fingerprint density at radius 1 is 1.38 bits per heavy atom. The van der Waals surface area contributed by atoms with Crippen molar-refractivity contribution in [3.05, 3.63) is 28.7 Å². The second-order valence-corrected chi connectivity index (χ2v) is 3.49. The molecule has 0 saturated heterocycles. The van der Waals surface area contributed by atoms with Crippen molar-refractivity contribution in [3.8, 4) is 5.75 Å². The van der Waals surface area contributed by atoms with Gasteiger partial charge < -0.3 is 10.5 Å². The highest BCUT2D eigenvalue weighted by atomic mass is 79.9. The van der Waals surface area contributed by atoms with Crippen LogP contribution in [0.15, 0.2) is 28.7 Å². The predicted octanol–water partition coefficient (Wildman–Crippen LogP) is 2.15. The largest absolute Gasteiger partial charge is 0.493 e. The molecule has 4 heteroatoms. The number of amidine groups is 1. The first-order valence-electron chi connectivity index (χ1n) is 3.90. The molecule has 0 amide bonds. The molecule has 0 aliphatic rings. The molecule has 3 nitrogen and oxygen atoms in total. The molecule has 70 valence electrons. The standard InChI is InChI=1S/C9H11BrN2O/c10-7-1-3-8(4-2-7)13-6-5-9(11)12/h1-4H,5-6H2,(H3,11,12). The predicted molar refractivity (Wildman–Crippen MR) is 56.2 cm³/mol. The lowest BCUT2D eigenvalue weighted by Gasteiger charge is -2.04. The van der Waals surface area contributed by atoms with Gasteiger partial charge in [0.05, 0.1) is 12.4 Å². The Hall–Kier alpha value is -1.03. The minimum atomic E-state index is 0.150. The summed E-state index contributed by atoms with van der Waals surface area (Å²) in [7, 11) is 0. The molecule has 0 fully saturated rings. The molecule has 1 rings (SSSR count). The van der Waals surface area contributed by atoms with Crippen molar-refractivity contribution in [1.82, 2.24) is 0 Å². The van der Waals surface area contributed by atoms with Gasteiger partial charge in [-0.25, -0.2) is 0 Å². The fourth-order valence-corrected chi connectivity index (χ4v) is 1.07. The Labute approximate surface area is 85.5 Å². The summed E-state index contributed by atoms with van der Waals surface area (Å²) in [4.78, 5) is 0.